The first kappa shape index (κ1) is 12.9. The van der Waals surface area contributed by atoms with Gasteiger partial charge in [-0.2, -0.15) is 11.8 Å². The molecule has 0 aromatic carbocycles. The lowest BCUT2D eigenvalue weighted by Gasteiger charge is -2.26. The molecule has 0 saturated carbocycles. The number of unbranched alkanes of at least 4 members (excludes halogenated alkanes) is 1. The monoisotopic (exact) mass is 225 g/mol. The molecule has 0 aromatic heterocycles. The molecule has 1 heterocycles. The summed E-state index contributed by atoms with van der Waals surface area (Å²) in [5, 5.41) is 3.43. The van der Waals surface area contributed by atoms with E-state index in [1.54, 1.807) is 0 Å². The van der Waals surface area contributed by atoms with Crippen LogP contribution in [0.1, 0.15) is 38.5 Å². The van der Waals surface area contributed by atoms with Crippen molar-refractivity contribution in [2.24, 2.45) is 5.92 Å². The highest BCUT2D eigenvalue weighted by Crippen LogP contribution is 2.27. The second-order valence-electron chi connectivity index (χ2n) is 4.37. The van der Waals surface area contributed by atoms with Gasteiger partial charge >= 0.3 is 0 Å². The fourth-order valence-electron chi connectivity index (χ4n) is 2.22. The lowest BCUT2D eigenvalue weighted by atomic mass is 9.92. The van der Waals surface area contributed by atoms with Gasteiger partial charge in [0.15, 0.2) is 0 Å². The molecule has 0 aromatic rings. The predicted octanol–water partition coefficient (Wildman–Crippen LogP) is 2.91. The molecule has 1 saturated heterocycles. The number of rotatable bonds is 6. The zero-order chi connectivity index (χ0) is 10.9. The Morgan fingerprint density at radius 1 is 1.47 bits per heavy atom. The fourth-order valence-corrected chi connectivity index (χ4v) is 3.42. The van der Waals surface area contributed by atoms with Crippen molar-refractivity contribution >= 4 is 11.8 Å². The number of hydrogen-bond donors (Lipinski definition) is 1. The molecule has 1 rings (SSSR count). The van der Waals surface area contributed by atoms with Gasteiger partial charge in [-0.05, 0) is 56.6 Å². The van der Waals surface area contributed by atoms with Crippen molar-refractivity contribution in [3.05, 3.63) is 0 Å². The van der Waals surface area contributed by atoms with E-state index in [-0.39, 0.29) is 0 Å². The second-order valence-corrected chi connectivity index (χ2v) is 5.60. The molecule has 0 radical (unpaired) electrons. The standard InChI is InChI=1S/C13H23NS/c1-3-4-5-6-13(14-2)11-12-7-9-15-10-8-12/h1,12-14H,4-11H2,2H3. The van der Waals surface area contributed by atoms with Crippen molar-refractivity contribution in [2.75, 3.05) is 18.6 Å². The summed E-state index contributed by atoms with van der Waals surface area (Å²) in [6, 6.07) is 0.687. The predicted molar refractivity (Wildman–Crippen MR) is 70.2 cm³/mol. The molecule has 1 aliphatic rings. The molecule has 0 amide bonds. The Morgan fingerprint density at radius 2 is 2.20 bits per heavy atom. The molecule has 1 fully saturated rings. The SMILES string of the molecule is C#CCCCC(CC1CCSCC1)NC. The van der Waals surface area contributed by atoms with Crippen LogP contribution in [0.5, 0.6) is 0 Å². The number of thioether (sulfide) groups is 1. The molecule has 1 aliphatic heterocycles. The van der Waals surface area contributed by atoms with Gasteiger partial charge in [-0.25, -0.2) is 0 Å². The maximum atomic E-state index is 5.27. The van der Waals surface area contributed by atoms with Crippen molar-refractivity contribution in [1.82, 2.24) is 5.32 Å². The minimum atomic E-state index is 0.687. The smallest absolute Gasteiger partial charge is 0.00866 e. The van der Waals surface area contributed by atoms with Crippen LogP contribution in [0.25, 0.3) is 0 Å². The van der Waals surface area contributed by atoms with Crippen molar-refractivity contribution in [1.29, 1.82) is 0 Å². The normalized spacial score (nSPS) is 19.7. The third-order valence-electron chi connectivity index (χ3n) is 3.24. The van der Waals surface area contributed by atoms with Crippen LogP contribution in [0.3, 0.4) is 0 Å². The molecular weight excluding hydrogens is 202 g/mol. The summed E-state index contributed by atoms with van der Waals surface area (Å²) >= 11 is 2.11. The second kappa shape index (κ2) is 8.07. The number of nitrogens with one attached hydrogen (secondary N) is 1. The maximum absolute atomic E-state index is 5.27. The third-order valence-corrected chi connectivity index (χ3v) is 4.29. The average Bonchev–Trinajstić information content (AvgIpc) is 2.29. The van der Waals surface area contributed by atoms with Crippen LogP contribution in [0, 0.1) is 18.3 Å². The van der Waals surface area contributed by atoms with Crippen LogP contribution in [0.15, 0.2) is 0 Å². The first-order valence-electron chi connectivity index (χ1n) is 6.05. The van der Waals surface area contributed by atoms with Crippen molar-refractivity contribution in [2.45, 2.75) is 44.6 Å². The van der Waals surface area contributed by atoms with Gasteiger partial charge in [0.2, 0.25) is 0 Å². The lowest BCUT2D eigenvalue weighted by Crippen LogP contribution is -2.29. The summed E-state index contributed by atoms with van der Waals surface area (Å²) in [6.07, 6.45) is 12.8. The van der Waals surface area contributed by atoms with Gasteiger partial charge in [-0.1, -0.05) is 0 Å². The van der Waals surface area contributed by atoms with Gasteiger partial charge in [0.05, 0.1) is 0 Å². The Bertz CT molecular complexity index is 191. The van der Waals surface area contributed by atoms with Gasteiger partial charge in [0.25, 0.3) is 0 Å². The number of terminal acetylenes is 1. The highest BCUT2D eigenvalue weighted by molar-refractivity contribution is 7.99. The molecule has 86 valence electrons. The molecular formula is C13H23NS. The van der Waals surface area contributed by atoms with E-state index in [0.717, 1.165) is 12.3 Å². The van der Waals surface area contributed by atoms with Crippen LogP contribution in [0.2, 0.25) is 0 Å². The lowest BCUT2D eigenvalue weighted by molar-refractivity contribution is 0.361. The van der Waals surface area contributed by atoms with E-state index in [4.69, 9.17) is 6.42 Å². The van der Waals surface area contributed by atoms with E-state index in [2.05, 4.69) is 30.0 Å². The first-order chi connectivity index (χ1) is 7.36. The largest absolute Gasteiger partial charge is 0.317 e. The van der Waals surface area contributed by atoms with Crippen LogP contribution in [0.4, 0.5) is 0 Å². The summed E-state index contributed by atoms with van der Waals surface area (Å²) in [5.41, 5.74) is 0. The Hall–Kier alpha value is -0.130. The molecule has 0 bridgehead atoms. The summed E-state index contributed by atoms with van der Waals surface area (Å²) in [4.78, 5) is 0. The first-order valence-corrected chi connectivity index (χ1v) is 7.20. The van der Waals surface area contributed by atoms with E-state index in [0.29, 0.717) is 6.04 Å². The Labute approximate surface area is 98.8 Å². The van der Waals surface area contributed by atoms with Gasteiger partial charge in [-0.3, -0.25) is 0 Å². The van der Waals surface area contributed by atoms with Gasteiger partial charge in [0.1, 0.15) is 0 Å². The van der Waals surface area contributed by atoms with E-state index in [1.165, 1.54) is 43.6 Å². The van der Waals surface area contributed by atoms with Crippen molar-refractivity contribution in [3.63, 3.8) is 0 Å². The maximum Gasteiger partial charge on any atom is 0.00866 e. The fraction of sp³-hybridized carbons (Fsp3) is 0.846. The van der Waals surface area contributed by atoms with E-state index in [1.807, 2.05) is 0 Å². The molecule has 0 aliphatic carbocycles. The molecule has 1 nitrogen and oxygen atoms in total. The Kier molecular flexibility index (Phi) is 6.96. The van der Waals surface area contributed by atoms with Gasteiger partial charge in [0, 0.05) is 12.5 Å². The minimum Gasteiger partial charge on any atom is -0.317 e. The van der Waals surface area contributed by atoms with E-state index < -0.39 is 0 Å². The summed E-state index contributed by atoms with van der Waals surface area (Å²) in [7, 11) is 2.08. The highest BCUT2D eigenvalue weighted by Gasteiger charge is 2.17. The molecule has 1 N–H and O–H groups in total. The van der Waals surface area contributed by atoms with Gasteiger partial charge < -0.3 is 5.32 Å². The molecule has 1 atom stereocenters. The summed E-state index contributed by atoms with van der Waals surface area (Å²) in [5.74, 6) is 6.41. The average molecular weight is 225 g/mol. The Morgan fingerprint density at radius 3 is 2.80 bits per heavy atom. The molecule has 2 heteroatoms. The van der Waals surface area contributed by atoms with E-state index >= 15 is 0 Å². The molecule has 15 heavy (non-hydrogen) atoms. The quantitative estimate of drug-likeness (QED) is 0.551. The minimum absolute atomic E-state index is 0.687. The van der Waals surface area contributed by atoms with Crippen molar-refractivity contribution < 1.29 is 0 Å². The van der Waals surface area contributed by atoms with Crippen LogP contribution >= 0.6 is 11.8 Å². The van der Waals surface area contributed by atoms with E-state index in [9.17, 15) is 0 Å². The number of hydrogen-bond acceptors (Lipinski definition) is 2. The highest BCUT2D eigenvalue weighted by atomic mass is 32.2. The van der Waals surface area contributed by atoms with Crippen molar-refractivity contribution in [3.8, 4) is 12.3 Å². The third kappa shape index (κ3) is 5.49. The topological polar surface area (TPSA) is 12.0 Å². The van der Waals surface area contributed by atoms with Crippen LogP contribution in [-0.2, 0) is 0 Å². The van der Waals surface area contributed by atoms with Crippen LogP contribution in [-0.4, -0.2) is 24.6 Å². The zero-order valence-electron chi connectivity index (χ0n) is 9.80. The summed E-state index contributed by atoms with van der Waals surface area (Å²) in [6.45, 7) is 0. The molecule has 0 spiro atoms. The molecule has 1 unspecified atom stereocenters. The Balaban J connectivity index is 2.17. The van der Waals surface area contributed by atoms with Gasteiger partial charge in [-0.15, -0.1) is 12.3 Å². The zero-order valence-corrected chi connectivity index (χ0v) is 10.6. The van der Waals surface area contributed by atoms with Crippen LogP contribution < -0.4 is 5.32 Å². The summed E-state index contributed by atoms with van der Waals surface area (Å²) < 4.78 is 0.